The summed E-state index contributed by atoms with van der Waals surface area (Å²) in [5.74, 6) is 0.699. The van der Waals surface area contributed by atoms with E-state index < -0.39 is 0 Å². The Balaban J connectivity index is 2.16. The molecule has 0 saturated carbocycles. The van der Waals surface area contributed by atoms with Crippen molar-refractivity contribution in [1.82, 2.24) is 0 Å². The van der Waals surface area contributed by atoms with Gasteiger partial charge in [-0.15, -0.1) is 0 Å². The third-order valence-electron chi connectivity index (χ3n) is 3.78. The standard InChI is InChI=1S/C20H24O2/c1-3-4-6-11-18-12-16(2)13-20(19(18)14-21)22-15-17-9-7-5-8-10-17/h5,7-10,12-14H,3-4,6,11,15H2,1-2H3. The monoisotopic (exact) mass is 296 g/mol. The van der Waals surface area contributed by atoms with Crippen molar-refractivity contribution in [2.75, 3.05) is 0 Å². The van der Waals surface area contributed by atoms with Crippen molar-refractivity contribution in [3.05, 3.63) is 64.7 Å². The van der Waals surface area contributed by atoms with Crippen LogP contribution in [-0.2, 0) is 13.0 Å². The van der Waals surface area contributed by atoms with Crippen LogP contribution in [0.4, 0.5) is 0 Å². The number of benzene rings is 2. The van der Waals surface area contributed by atoms with Gasteiger partial charge in [0.25, 0.3) is 0 Å². The van der Waals surface area contributed by atoms with Crippen molar-refractivity contribution in [2.24, 2.45) is 0 Å². The molecule has 0 atom stereocenters. The summed E-state index contributed by atoms with van der Waals surface area (Å²) in [7, 11) is 0. The van der Waals surface area contributed by atoms with Crippen LogP contribution >= 0.6 is 0 Å². The Morgan fingerprint density at radius 2 is 1.86 bits per heavy atom. The van der Waals surface area contributed by atoms with E-state index in [1.54, 1.807) is 0 Å². The van der Waals surface area contributed by atoms with Crippen molar-refractivity contribution >= 4 is 6.29 Å². The van der Waals surface area contributed by atoms with Gasteiger partial charge in [-0.2, -0.15) is 0 Å². The summed E-state index contributed by atoms with van der Waals surface area (Å²) in [5.41, 5.74) is 4.05. The smallest absolute Gasteiger partial charge is 0.154 e. The number of carbonyl (C=O) groups is 1. The van der Waals surface area contributed by atoms with Gasteiger partial charge in [0.1, 0.15) is 12.4 Å². The van der Waals surface area contributed by atoms with E-state index in [-0.39, 0.29) is 0 Å². The molecular formula is C20H24O2. The highest BCUT2D eigenvalue weighted by Crippen LogP contribution is 2.25. The van der Waals surface area contributed by atoms with E-state index in [1.807, 2.05) is 43.3 Å². The first-order chi connectivity index (χ1) is 10.7. The highest BCUT2D eigenvalue weighted by Gasteiger charge is 2.10. The predicted octanol–water partition coefficient (Wildman–Crippen LogP) is 5.12. The predicted molar refractivity (Wildman–Crippen MR) is 90.6 cm³/mol. The van der Waals surface area contributed by atoms with Crippen LogP contribution in [0.3, 0.4) is 0 Å². The molecule has 0 aromatic heterocycles. The summed E-state index contributed by atoms with van der Waals surface area (Å²) in [6.45, 7) is 4.72. The van der Waals surface area contributed by atoms with Crippen molar-refractivity contribution in [1.29, 1.82) is 0 Å². The zero-order valence-corrected chi connectivity index (χ0v) is 13.5. The molecule has 0 heterocycles. The highest BCUT2D eigenvalue weighted by molar-refractivity contribution is 5.82. The Morgan fingerprint density at radius 3 is 2.55 bits per heavy atom. The lowest BCUT2D eigenvalue weighted by Gasteiger charge is -2.13. The largest absolute Gasteiger partial charge is 0.488 e. The summed E-state index contributed by atoms with van der Waals surface area (Å²) in [5, 5.41) is 0. The molecule has 2 heteroatoms. The van der Waals surface area contributed by atoms with E-state index in [9.17, 15) is 4.79 Å². The van der Waals surface area contributed by atoms with Crippen molar-refractivity contribution in [2.45, 2.75) is 46.1 Å². The van der Waals surface area contributed by atoms with Gasteiger partial charge in [-0.05, 0) is 42.5 Å². The number of hydrogen-bond acceptors (Lipinski definition) is 2. The molecule has 0 N–H and O–H groups in total. The van der Waals surface area contributed by atoms with E-state index >= 15 is 0 Å². The molecule has 22 heavy (non-hydrogen) atoms. The van der Waals surface area contributed by atoms with Crippen LogP contribution in [0, 0.1) is 6.92 Å². The van der Waals surface area contributed by atoms with E-state index in [2.05, 4.69) is 13.0 Å². The van der Waals surface area contributed by atoms with Gasteiger partial charge >= 0.3 is 0 Å². The topological polar surface area (TPSA) is 26.3 Å². The fraction of sp³-hybridized carbons (Fsp3) is 0.350. The van der Waals surface area contributed by atoms with E-state index in [4.69, 9.17) is 4.74 Å². The molecule has 0 aliphatic rings. The Labute approximate surface area is 133 Å². The molecule has 0 fully saturated rings. The normalized spacial score (nSPS) is 10.5. The highest BCUT2D eigenvalue weighted by atomic mass is 16.5. The molecule has 0 spiro atoms. The number of rotatable bonds is 8. The van der Waals surface area contributed by atoms with Gasteiger partial charge in [0.15, 0.2) is 6.29 Å². The molecule has 2 aromatic rings. The minimum Gasteiger partial charge on any atom is -0.488 e. The van der Waals surface area contributed by atoms with Crippen LogP contribution in [-0.4, -0.2) is 6.29 Å². The first-order valence-electron chi connectivity index (χ1n) is 8.00. The van der Waals surface area contributed by atoms with E-state index in [1.165, 1.54) is 12.8 Å². The van der Waals surface area contributed by atoms with E-state index in [0.717, 1.165) is 35.8 Å². The first kappa shape index (κ1) is 16.3. The number of unbranched alkanes of at least 4 members (excludes halogenated alkanes) is 2. The third-order valence-corrected chi connectivity index (χ3v) is 3.78. The fourth-order valence-corrected chi connectivity index (χ4v) is 2.60. The zero-order chi connectivity index (χ0) is 15.8. The molecule has 0 aliphatic heterocycles. The number of hydrogen-bond donors (Lipinski definition) is 0. The van der Waals surface area contributed by atoms with Crippen LogP contribution in [0.1, 0.15) is 53.2 Å². The molecule has 116 valence electrons. The molecule has 0 saturated heterocycles. The summed E-state index contributed by atoms with van der Waals surface area (Å²) < 4.78 is 5.91. The van der Waals surface area contributed by atoms with Gasteiger partial charge in [0, 0.05) is 0 Å². The van der Waals surface area contributed by atoms with Gasteiger partial charge < -0.3 is 4.74 Å². The van der Waals surface area contributed by atoms with Crippen LogP contribution in [0.15, 0.2) is 42.5 Å². The summed E-state index contributed by atoms with van der Waals surface area (Å²) >= 11 is 0. The molecule has 0 amide bonds. The van der Waals surface area contributed by atoms with Crippen LogP contribution in [0.2, 0.25) is 0 Å². The Hall–Kier alpha value is -2.09. The molecule has 2 rings (SSSR count). The van der Waals surface area contributed by atoms with Gasteiger partial charge in [0.2, 0.25) is 0 Å². The number of aryl methyl sites for hydroxylation is 2. The lowest BCUT2D eigenvalue weighted by atomic mass is 9.99. The van der Waals surface area contributed by atoms with Gasteiger partial charge in [0.05, 0.1) is 5.56 Å². The summed E-state index contributed by atoms with van der Waals surface area (Å²) in [6, 6.07) is 14.1. The van der Waals surface area contributed by atoms with Gasteiger partial charge in [-0.3, -0.25) is 4.79 Å². The lowest BCUT2D eigenvalue weighted by molar-refractivity contribution is 0.111. The van der Waals surface area contributed by atoms with Gasteiger partial charge in [-0.1, -0.05) is 56.2 Å². The van der Waals surface area contributed by atoms with Crippen molar-refractivity contribution in [3.8, 4) is 5.75 Å². The van der Waals surface area contributed by atoms with Crippen molar-refractivity contribution < 1.29 is 9.53 Å². The minimum atomic E-state index is 0.486. The van der Waals surface area contributed by atoms with Crippen molar-refractivity contribution in [3.63, 3.8) is 0 Å². The second-order valence-corrected chi connectivity index (χ2v) is 5.69. The molecule has 0 aliphatic carbocycles. The molecule has 0 unspecified atom stereocenters. The summed E-state index contributed by atoms with van der Waals surface area (Å²) in [6.07, 6.45) is 5.34. The maximum Gasteiger partial charge on any atom is 0.154 e. The number of carbonyl (C=O) groups excluding carboxylic acids is 1. The first-order valence-corrected chi connectivity index (χ1v) is 8.00. The summed E-state index contributed by atoms with van der Waals surface area (Å²) in [4.78, 5) is 11.5. The minimum absolute atomic E-state index is 0.486. The average Bonchev–Trinajstić information content (AvgIpc) is 2.54. The quantitative estimate of drug-likeness (QED) is 0.499. The van der Waals surface area contributed by atoms with Crippen LogP contribution < -0.4 is 4.74 Å². The maximum atomic E-state index is 11.5. The third kappa shape index (κ3) is 4.45. The zero-order valence-electron chi connectivity index (χ0n) is 13.5. The van der Waals surface area contributed by atoms with Gasteiger partial charge in [-0.25, -0.2) is 0 Å². The van der Waals surface area contributed by atoms with Crippen LogP contribution in [0.5, 0.6) is 5.75 Å². The molecule has 2 nitrogen and oxygen atoms in total. The second kappa shape index (κ2) is 8.38. The SMILES string of the molecule is CCCCCc1cc(C)cc(OCc2ccccc2)c1C=O. The number of aldehydes is 1. The fourth-order valence-electron chi connectivity index (χ4n) is 2.60. The average molecular weight is 296 g/mol. The Kier molecular flexibility index (Phi) is 6.20. The molecule has 0 bridgehead atoms. The molecular weight excluding hydrogens is 272 g/mol. The maximum absolute atomic E-state index is 11.5. The lowest BCUT2D eigenvalue weighted by Crippen LogP contribution is -2.02. The van der Waals surface area contributed by atoms with Crippen LogP contribution in [0.25, 0.3) is 0 Å². The molecule has 2 aromatic carbocycles. The molecule has 0 radical (unpaired) electrons. The Morgan fingerprint density at radius 1 is 1.09 bits per heavy atom. The second-order valence-electron chi connectivity index (χ2n) is 5.69. The Bertz CT molecular complexity index is 603. The van der Waals surface area contributed by atoms with E-state index in [0.29, 0.717) is 17.9 Å². The number of ether oxygens (including phenoxy) is 1.